The highest BCUT2D eigenvalue weighted by atomic mass is 32.1. The minimum Gasteiger partial charge on any atom is -0.495 e. The van der Waals surface area contributed by atoms with Crippen molar-refractivity contribution < 1.29 is 9.53 Å². The second kappa shape index (κ2) is 6.20. The van der Waals surface area contributed by atoms with Crippen LogP contribution in [0.4, 0.5) is 5.69 Å². The van der Waals surface area contributed by atoms with E-state index in [9.17, 15) is 4.79 Å². The fourth-order valence-electron chi connectivity index (χ4n) is 1.39. The first-order valence-corrected chi connectivity index (χ1v) is 5.77. The number of hydrogen-bond donors (Lipinski definition) is 2. The van der Waals surface area contributed by atoms with Crippen LogP contribution >= 0.6 is 12.2 Å². The first kappa shape index (κ1) is 13.4. The first-order valence-electron chi connectivity index (χ1n) is 5.36. The molecule has 1 aromatic rings. The number of rotatable bonds is 5. The summed E-state index contributed by atoms with van der Waals surface area (Å²) in [7, 11) is 1.54. The number of thiocarbonyl (C=S) groups is 1. The van der Waals surface area contributed by atoms with Crippen LogP contribution in [0.15, 0.2) is 18.2 Å². The molecule has 0 aliphatic carbocycles. The highest BCUT2D eigenvalue weighted by molar-refractivity contribution is 7.80. The predicted octanol–water partition coefficient (Wildman–Crippen LogP) is 2.07. The van der Waals surface area contributed by atoms with Crippen LogP contribution in [0.5, 0.6) is 5.75 Å². The standard InChI is InChI=1S/C12H16N2O2S/c1-3-4-11(15)14-9-6-5-8(12(13)17)7-10(9)16-2/h5-7H,3-4H2,1-2H3,(H2,13,17)(H,14,15). The maximum Gasteiger partial charge on any atom is 0.224 e. The molecule has 0 heterocycles. The Hall–Kier alpha value is -1.62. The molecule has 0 bridgehead atoms. The normalized spacial score (nSPS) is 9.76. The van der Waals surface area contributed by atoms with Gasteiger partial charge in [0.15, 0.2) is 0 Å². The van der Waals surface area contributed by atoms with Gasteiger partial charge >= 0.3 is 0 Å². The third-order valence-electron chi connectivity index (χ3n) is 2.24. The number of ether oxygens (including phenoxy) is 1. The average molecular weight is 252 g/mol. The summed E-state index contributed by atoms with van der Waals surface area (Å²) < 4.78 is 5.19. The molecule has 1 amide bonds. The monoisotopic (exact) mass is 252 g/mol. The van der Waals surface area contributed by atoms with E-state index < -0.39 is 0 Å². The Morgan fingerprint density at radius 1 is 1.53 bits per heavy atom. The molecule has 0 unspecified atom stereocenters. The van der Waals surface area contributed by atoms with Gasteiger partial charge in [-0.15, -0.1) is 0 Å². The quantitative estimate of drug-likeness (QED) is 0.787. The molecular weight excluding hydrogens is 236 g/mol. The van der Waals surface area contributed by atoms with Gasteiger partial charge in [0.25, 0.3) is 0 Å². The number of anilines is 1. The van der Waals surface area contributed by atoms with Gasteiger partial charge in [0.1, 0.15) is 10.7 Å². The van der Waals surface area contributed by atoms with Crippen LogP contribution in [0.3, 0.4) is 0 Å². The molecule has 0 atom stereocenters. The van der Waals surface area contributed by atoms with E-state index in [0.717, 1.165) is 6.42 Å². The van der Waals surface area contributed by atoms with Crippen molar-refractivity contribution in [2.75, 3.05) is 12.4 Å². The van der Waals surface area contributed by atoms with Gasteiger partial charge < -0.3 is 15.8 Å². The largest absolute Gasteiger partial charge is 0.495 e. The summed E-state index contributed by atoms with van der Waals surface area (Å²) in [6.45, 7) is 1.95. The molecule has 1 aromatic carbocycles. The van der Waals surface area contributed by atoms with Crippen molar-refractivity contribution in [2.24, 2.45) is 5.73 Å². The fraction of sp³-hybridized carbons (Fsp3) is 0.333. The van der Waals surface area contributed by atoms with Crippen LogP contribution in [0.2, 0.25) is 0 Å². The third kappa shape index (κ3) is 3.71. The molecule has 0 fully saturated rings. The van der Waals surface area contributed by atoms with Crippen LogP contribution in [-0.4, -0.2) is 18.0 Å². The van der Waals surface area contributed by atoms with Gasteiger partial charge in [-0.05, 0) is 24.6 Å². The Morgan fingerprint density at radius 3 is 2.76 bits per heavy atom. The lowest BCUT2D eigenvalue weighted by Gasteiger charge is -2.11. The lowest BCUT2D eigenvalue weighted by atomic mass is 10.2. The number of nitrogens with one attached hydrogen (secondary N) is 1. The number of benzene rings is 1. The zero-order valence-corrected chi connectivity index (χ0v) is 10.8. The van der Waals surface area contributed by atoms with E-state index in [2.05, 4.69) is 5.32 Å². The average Bonchev–Trinajstić information content (AvgIpc) is 2.29. The van der Waals surface area contributed by atoms with E-state index in [0.29, 0.717) is 28.4 Å². The van der Waals surface area contributed by atoms with E-state index >= 15 is 0 Å². The second-order valence-corrected chi connectivity index (χ2v) is 4.02. The molecule has 0 aromatic heterocycles. The molecule has 0 saturated carbocycles. The van der Waals surface area contributed by atoms with Crippen molar-refractivity contribution in [1.82, 2.24) is 0 Å². The van der Waals surface area contributed by atoms with Gasteiger partial charge in [-0.2, -0.15) is 0 Å². The molecule has 0 saturated heterocycles. The number of carbonyl (C=O) groups is 1. The molecule has 0 aliphatic heterocycles. The number of amides is 1. The van der Waals surface area contributed by atoms with Crippen molar-refractivity contribution in [1.29, 1.82) is 0 Å². The first-order chi connectivity index (χ1) is 8.08. The SMILES string of the molecule is CCCC(=O)Nc1ccc(C(N)=S)cc1OC. The van der Waals surface area contributed by atoms with Crippen LogP contribution in [0, 0.1) is 0 Å². The topological polar surface area (TPSA) is 64.4 Å². The summed E-state index contributed by atoms with van der Waals surface area (Å²) in [5.74, 6) is 0.522. The van der Waals surface area contributed by atoms with E-state index in [-0.39, 0.29) is 5.91 Å². The van der Waals surface area contributed by atoms with Crippen molar-refractivity contribution in [3.63, 3.8) is 0 Å². The maximum absolute atomic E-state index is 11.5. The fourth-order valence-corrected chi connectivity index (χ4v) is 1.51. The Morgan fingerprint density at radius 2 is 2.24 bits per heavy atom. The number of nitrogens with two attached hydrogens (primary N) is 1. The smallest absolute Gasteiger partial charge is 0.224 e. The zero-order valence-electron chi connectivity index (χ0n) is 9.95. The van der Waals surface area contributed by atoms with Gasteiger partial charge in [0.2, 0.25) is 5.91 Å². The maximum atomic E-state index is 11.5. The van der Waals surface area contributed by atoms with Crippen molar-refractivity contribution >= 4 is 28.8 Å². The molecule has 17 heavy (non-hydrogen) atoms. The Labute approximate surface area is 106 Å². The zero-order chi connectivity index (χ0) is 12.8. The molecule has 92 valence electrons. The minimum absolute atomic E-state index is 0.0334. The molecule has 3 N–H and O–H groups in total. The number of carbonyl (C=O) groups excluding carboxylic acids is 1. The van der Waals surface area contributed by atoms with E-state index in [4.69, 9.17) is 22.7 Å². The summed E-state index contributed by atoms with van der Waals surface area (Å²) >= 11 is 4.88. The predicted molar refractivity (Wildman–Crippen MR) is 72.4 cm³/mol. The molecule has 1 rings (SSSR count). The summed E-state index contributed by atoms with van der Waals surface area (Å²) in [5.41, 5.74) is 6.87. The van der Waals surface area contributed by atoms with Gasteiger partial charge in [-0.25, -0.2) is 0 Å². The third-order valence-corrected chi connectivity index (χ3v) is 2.47. The summed E-state index contributed by atoms with van der Waals surface area (Å²) in [6, 6.07) is 5.21. The van der Waals surface area contributed by atoms with Gasteiger partial charge in [-0.1, -0.05) is 19.1 Å². The summed E-state index contributed by atoms with van der Waals surface area (Å²) in [6.07, 6.45) is 1.29. The minimum atomic E-state index is -0.0334. The number of methoxy groups -OCH3 is 1. The van der Waals surface area contributed by atoms with Crippen LogP contribution in [0.25, 0.3) is 0 Å². The Bertz CT molecular complexity index is 433. The van der Waals surface area contributed by atoms with Gasteiger partial charge in [0, 0.05) is 12.0 Å². The lowest BCUT2D eigenvalue weighted by Crippen LogP contribution is -2.13. The van der Waals surface area contributed by atoms with Crippen LogP contribution in [0.1, 0.15) is 25.3 Å². The van der Waals surface area contributed by atoms with Gasteiger partial charge in [0.05, 0.1) is 12.8 Å². The molecule has 0 aliphatic rings. The molecule has 0 spiro atoms. The molecule has 0 radical (unpaired) electrons. The van der Waals surface area contributed by atoms with Crippen molar-refractivity contribution in [3.05, 3.63) is 23.8 Å². The summed E-state index contributed by atoms with van der Waals surface area (Å²) in [4.78, 5) is 11.8. The highest BCUT2D eigenvalue weighted by Gasteiger charge is 2.08. The Kier molecular flexibility index (Phi) is 4.90. The van der Waals surface area contributed by atoms with Crippen LogP contribution in [-0.2, 0) is 4.79 Å². The number of hydrogen-bond acceptors (Lipinski definition) is 3. The molecule has 5 heteroatoms. The lowest BCUT2D eigenvalue weighted by molar-refractivity contribution is -0.116. The van der Waals surface area contributed by atoms with Crippen molar-refractivity contribution in [3.8, 4) is 5.75 Å². The van der Waals surface area contributed by atoms with E-state index in [1.54, 1.807) is 18.2 Å². The molecular formula is C12H16N2O2S. The van der Waals surface area contributed by atoms with E-state index in [1.165, 1.54) is 7.11 Å². The van der Waals surface area contributed by atoms with Gasteiger partial charge in [-0.3, -0.25) is 4.79 Å². The second-order valence-electron chi connectivity index (χ2n) is 3.58. The van der Waals surface area contributed by atoms with E-state index in [1.807, 2.05) is 6.92 Å². The summed E-state index contributed by atoms with van der Waals surface area (Å²) in [5, 5.41) is 2.78. The highest BCUT2D eigenvalue weighted by Crippen LogP contribution is 2.25. The Balaban J connectivity index is 2.92. The van der Waals surface area contributed by atoms with Crippen molar-refractivity contribution in [2.45, 2.75) is 19.8 Å². The molecule has 4 nitrogen and oxygen atoms in total. The van der Waals surface area contributed by atoms with Crippen LogP contribution < -0.4 is 15.8 Å².